The minimum atomic E-state index is 0.144. The Morgan fingerprint density at radius 3 is 2.86 bits per heavy atom. The second-order valence-corrected chi connectivity index (χ2v) is 4.06. The Bertz CT molecular complexity index is 326. The monoisotopic (exact) mass is 193 g/mol. The molecule has 1 saturated carbocycles. The number of aryl methyl sites for hydroxylation is 1. The second kappa shape index (κ2) is 3.90. The lowest BCUT2D eigenvalue weighted by atomic mass is 10.00. The largest absolute Gasteiger partial charge is 0.292 e. The zero-order chi connectivity index (χ0) is 9.97. The van der Waals surface area contributed by atoms with Gasteiger partial charge in [-0.3, -0.25) is 9.48 Å². The summed E-state index contributed by atoms with van der Waals surface area (Å²) in [7, 11) is 1.78. The minimum Gasteiger partial charge on any atom is -0.292 e. The quantitative estimate of drug-likeness (QED) is 0.685. The van der Waals surface area contributed by atoms with E-state index in [9.17, 15) is 4.79 Å². The number of aromatic nitrogens is 3. The molecule has 0 unspecified atom stereocenters. The number of Topliss-reactive ketones (excluding diaryl/α,β-unsaturated/α-hetero) is 1. The van der Waals surface area contributed by atoms with Crippen molar-refractivity contribution in [2.24, 2.45) is 13.0 Å². The average molecular weight is 193 g/mol. The van der Waals surface area contributed by atoms with Crippen LogP contribution in [-0.2, 0) is 7.05 Å². The van der Waals surface area contributed by atoms with Crippen molar-refractivity contribution < 1.29 is 4.79 Å². The number of nitrogens with zero attached hydrogens (tertiary/aromatic N) is 3. The maximum absolute atomic E-state index is 11.7. The first-order chi connectivity index (χ1) is 6.75. The molecule has 14 heavy (non-hydrogen) atoms. The van der Waals surface area contributed by atoms with Crippen molar-refractivity contribution in [1.82, 2.24) is 15.0 Å². The van der Waals surface area contributed by atoms with Gasteiger partial charge in [0.05, 0.1) is 6.20 Å². The Morgan fingerprint density at radius 2 is 2.29 bits per heavy atom. The lowest BCUT2D eigenvalue weighted by Gasteiger charge is -2.04. The van der Waals surface area contributed by atoms with Crippen LogP contribution in [0.2, 0.25) is 0 Å². The number of hydrogen-bond donors (Lipinski definition) is 0. The molecule has 1 aliphatic carbocycles. The van der Waals surface area contributed by atoms with Crippen LogP contribution in [0, 0.1) is 5.92 Å². The highest BCUT2D eigenvalue weighted by molar-refractivity contribution is 5.93. The van der Waals surface area contributed by atoms with E-state index in [1.807, 2.05) is 0 Å². The van der Waals surface area contributed by atoms with E-state index in [-0.39, 0.29) is 5.78 Å². The Hall–Kier alpha value is -1.19. The van der Waals surface area contributed by atoms with Gasteiger partial charge in [-0.2, -0.15) is 0 Å². The number of hydrogen-bond acceptors (Lipinski definition) is 3. The van der Waals surface area contributed by atoms with Crippen LogP contribution in [0.4, 0.5) is 0 Å². The van der Waals surface area contributed by atoms with Gasteiger partial charge >= 0.3 is 0 Å². The van der Waals surface area contributed by atoms with Crippen molar-refractivity contribution in [2.75, 3.05) is 0 Å². The molecule has 1 heterocycles. The molecule has 4 heteroatoms. The fraction of sp³-hybridized carbons (Fsp3) is 0.700. The number of rotatable bonds is 3. The van der Waals surface area contributed by atoms with Gasteiger partial charge in [-0.05, 0) is 5.92 Å². The standard InChI is InChI=1S/C10H15N3O/c1-13-7-9(11-12-13)10(14)6-8-4-2-3-5-8/h7-8H,2-6H2,1H3. The van der Waals surface area contributed by atoms with E-state index in [1.165, 1.54) is 25.7 Å². The van der Waals surface area contributed by atoms with E-state index in [1.54, 1.807) is 17.9 Å². The summed E-state index contributed by atoms with van der Waals surface area (Å²) >= 11 is 0. The predicted octanol–water partition coefficient (Wildman–Crippen LogP) is 1.58. The third-order valence-electron chi connectivity index (χ3n) is 2.84. The summed E-state index contributed by atoms with van der Waals surface area (Å²) in [6, 6.07) is 0. The molecule has 0 spiro atoms. The SMILES string of the molecule is Cn1cc(C(=O)CC2CCCC2)nn1. The summed E-state index contributed by atoms with van der Waals surface area (Å²) in [5.74, 6) is 0.731. The van der Waals surface area contributed by atoms with Gasteiger partial charge in [0.15, 0.2) is 5.78 Å². The van der Waals surface area contributed by atoms with Gasteiger partial charge in [0.1, 0.15) is 5.69 Å². The average Bonchev–Trinajstić information content (AvgIpc) is 2.75. The number of carbonyl (C=O) groups excluding carboxylic acids is 1. The molecule has 1 aromatic rings. The Balaban J connectivity index is 1.95. The van der Waals surface area contributed by atoms with Crippen LogP contribution < -0.4 is 0 Å². The molecule has 0 aliphatic heterocycles. The van der Waals surface area contributed by atoms with Crippen molar-refractivity contribution in [2.45, 2.75) is 32.1 Å². The van der Waals surface area contributed by atoms with E-state index in [4.69, 9.17) is 0 Å². The Morgan fingerprint density at radius 1 is 1.57 bits per heavy atom. The lowest BCUT2D eigenvalue weighted by molar-refractivity contribution is 0.0957. The molecule has 4 nitrogen and oxygen atoms in total. The third kappa shape index (κ3) is 2.00. The van der Waals surface area contributed by atoms with E-state index in [0.29, 0.717) is 18.0 Å². The van der Waals surface area contributed by atoms with Crippen LogP contribution in [0.5, 0.6) is 0 Å². The van der Waals surface area contributed by atoms with E-state index >= 15 is 0 Å². The number of ketones is 1. The molecule has 0 atom stereocenters. The van der Waals surface area contributed by atoms with Gasteiger partial charge < -0.3 is 0 Å². The van der Waals surface area contributed by atoms with Crippen LogP contribution >= 0.6 is 0 Å². The summed E-state index contributed by atoms with van der Waals surface area (Å²) in [6.07, 6.45) is 7.30. The van der Waals surface area contributed by atoms with Gasteiger partial charge in [-0.15, -0.1) is 5.10 Å². The van der Waals surface area contributed by atoms with E-state index in [2.05, 4.69) is 10.3 Å². The molecule has 1 aromatic heterocycles. The number of carbonyl (C=O) groups is 1. The fourth-order valence-corrected chi connectivity index (χ4v) is 2.06. The molecule has 0 N–H and O–H groups in total. The third-order valence-corrected chi connectivity index (χ3v) is 2.84. The molecule has 1 fully saturated rings. The highest BCUT2D eigenvalue weighted by Crippen LogP contribution is 2.28. The molecular weight excluding hydrogens is 178 g/mol. The normalized spacial score (nSPS) is 17.5. The molecule has 1 aliphatic rings. The summed E-state index contributed by atoms with van der Waals surface area (Å²) in [5.41, 5.74) is 0.513. The first-order valence-corrected chi connectivity index (χ1v) is 5.15. The van der Waals surface area contributed by atoms with Crippen LogP contribution in [0.3, 0.4) is 0 Å². The lowest BCUT2D eigenvalue weighted by Crippen LogP contribution is -2.06. The first kappa shape index (κ1) is 9.37. The molecule has 0 radical (unpaired) electrons. The highest BCUT2D eigenvalue weighted by Gasteiger charge is 2.20. The minimum absolute atomic E-state index is 0.144. The van der Waals surface area contributed by atoms with E-state index in [0.717, 1.165) is 0 Å². The van der Waals surface area contributed by atoms with Crippen LogP contribution in [0.15, 0.2) is 6.20 Å². The molecule has 0 saturated heterocycles. The topological polar surface area (TPSA) is 47.8 Å². The van der Waals surface area contributed by atoms with Crippen molar-refractivity contribution in [3.05, 3.63) is 11.9 Å². The van der Waals surface area contributed by atoms with Gasteiger partial charge in [-0.1, -0.05) is 30.9 Å². The fourth-order valence-electron chi connectivity index (χ4n) is 2.06. The molecule has 0 aromatic carbocycles. The molecular formula is C10H15N3O. The second-order valence-electron chi connectivity index (χ2n) is 4.06. The molecule has 0 bridgehead atoms. The predicted molar refractivity (Wildman–Crippen MR) is 51.9 cm³/mol. The molecule has 2 rings (SSSR count). The Kier molecular flexibility index (Phi) is 2.61. The maximum atomic E-state index is 11.7. The highest BCUT2D eigenvalue weighted by atomic mass is 16.1. The van der Waals surface area contributed by atoms with E-state index < -0.39 is 0 Å². The van der Waals surface area contributed by atoms with Crippen LogP contribution in [0.25, 0.3) is 0 Å². The smallest absolute Gasteiger partial charge is 0.184 e. The first-order valence-electron chi connectivity index (χ1n) is 5.15. The molecule has 0 amide bonds. The van der Waals surface area contributed by atoms with Crippen molar-refractivity contribution in [3.63, 3.8) is 0 Å². The van der Waals surface area contributed by atoms with Crippen molar-refractivity contribution in [1.29, 1.82) is 0 Å². The van der Waals surface area contributed by atoms with Crippen molar-refractivity contribution in [3.8, 4) is 0 Å². The summed E-state index contributed by atoms with van der Waals surface area (Å²) in [4.78, 5) is 11.7. The molecule has 76 valence electrons. The zero-order valence-electron chi connectivity index (χ0n) is 8.44. The summed E-state index contributed by atoms with van der Waals surface area (Å²) in [6.45, 7) is 0. The summed E-state index contributed by atoms with van der Waals surface area (Å²) in [5, 5.41) is 7.58. The van der Waals surface area contributed by atoms with Gasteiger partial charge in [0, 0.05) is 13.5 Å². The van der Waals surface area contributed by atoms with Gasteiger partial charge in [0.25, 0.3) is 0 Å². The van der Waals surface area contributed by atoms with Crippen LogP contribution in [-0.4, -0.2) is 20.8 Å². The zero-order valence-corrected chi connectivity index (χ0v) is 8.44. The maximum Gasteiger partial charge on any atom is 0.184 e. The van der Waals surface area contributed by atoms with Crippen LogP contribution in [0.1, 0.15) is 42.6 Å². The van der Waals surface area contributed by atoms with Crippen molar-refractivity contribution >= 4 is 5.78 Å². The van der Waals surface area contributed by atoms with Gasteiger partial charge in [-0.25, -0.2) is 0 Å². The van der Waals surface area contributed by atoms with Gasteiger partial charge in [0.2, 0.25) is 0 Å². The Labute approximate surface area is 83.3 Å². The summed E-state index contributed by atoms with van der Waals surface area (Å²) < 4.78 is 1.57.